The number of nitrogens with zero attached hydrogens (tertiary/aromatic N) is 2. The highest BCUT2D eigenvalue weighted by atomic mass is 32.2. The SMILES string of the molecule is Cc1ccc([N+](=O)[O-])cc1N(CCCC(=O)N[C@H](C)c1ccc2c(c1)CCC2)S(C)(=O)=O. The van der Waals surface area contributed by atoms with Crippen LogP contribution in [0.5, 0.6) is 0 Å². The quantitative estimate of drug-likeness (QED) is 0.453. The van der Waals surface area contributed by atoms with Gasteiger partial charge in [-0.05, 0) is 61.8 Å². The Kier molecular flexibility index (Phi) is 7.18. The molecule has 0 heterocycles. The third-order valence-electron chi connectivity index (χ3n) is 5.84. The molecule has 0 saturated carbocycles. The molecule has 3 rings (SSSR count). The fourth-order valence-electron chi connectivity index (χ4n) is 4.09. The summed E-state index contributed by atoms with van der Waals surface area (Å²) in [7, 11) is -3.67. The lowest BCUT2D eigenvalue weighted by Gasteiger charge is -2.24. The van der Waals surface area contributed by atoms with Gasteiger partial charge in [0, 0.05) is 25.1 Å². The normalized spacial score (nSPS) is 14.0. The minimum Gasteiger partial charge on any atom is -0.350 e. The van der Waals surface area contributed by atoms with Crippen LogP contribution >= 0.6 is 0 Å². The van der Waals surface area contributed by atoms with E-state index in [1.807, 2.05) is 13.0 Å². The van der Waals surface area contributed by atoms with Crippen molar-refractivity contribution in [3.63, 3.8) is 0 Å². The number of rotatable bonds is 9. The highest BCUT2D eigenvalue weighted by Gasteiger charge is 2.22. The van der Waals surface area contributed by atoms with Gasteiger partial charge in [0.1, 0.15) is 0 Å². The van der Waals surface area contributed by atoms with Gasteiger partial charge >= 0.3 is 0 Å². The third-order valence-corrected chi connectivity index (χ3v) is 7.02. The molecule has 1 amide bonds. The topological polar surface area (TPSA) is 110 Å². The van der Waals surface area contributed by atoms with E-state index in [4.69, 9.17) is 0 Å². The summed E-state index contributed by atoms with van der Waals surface area (Å²) >= 11 is 0. The van der Waals surface area contributed by atoms with Gasteiger partial charge in [0.25, 0.3) is 5.69 Å². The molecular weight excluding hydrogens is 430 g/mol. The Labute approximate surface area is 188 Å². The van der Waals surface area contributed by atoms with Gasteiger partial charge in [-0.2, -0.15) is 0 Å². The molecule has 8 nitrogen and oxygen atoms in total. The summed E-state index contributed by atoms with van der Waals surface area (Å²) in [6, 6.07) is 10.3. The van der Waals surface area contributed by atoms with E-state index in [9.17, 15) is 23.3 Å². The van der Waals surface area contributed by atoms with Gasteiger partial charge in [-0.3, -0.25) is 19.2 Å². The van der Waals surface area contributed by atoms with Gasteiger partial charge in [0.05, 0.1) is 22.9 Å². The summed E-state index contributed by atoms with van der Waals surface area (Å²) in [4.78, 5) is 23.0. The molecule has 9 heteroatoms. The molecule has 1 atom stereocenters. The van der Waals surface area contributed by atoms with Crippen molar-refractivity contribution in [1.29, 1.82) is 0 Å². The van der Waals surface area contributed by atoms with Crippen LogP contribution in [-0.4, -0.2) is 32.0 Å². The van der Waals surface area contributed by atoms with Crippen LogP contribution in [-0.2, 0) is 27.7 Å². The zero-order valence-corrected chi connectivity index (χ0v) is 19.4. The zero-order chi connectivity index (χ0) is 23.5. The van der Waals surface area contributed by atoms with Crippen molar-refractivity contribution in [2.75, 3.05) is 17.1 Å². The maximum Gasteiger partial charge on any atom is 0.271 e. The van der Waals surface area contributed by atoms with Crippen LogP contribution in [0.15, 0.2) is 36.4 Å². The fourth-order valence-corrected chi connectivity index (χ4v) is 5.10. The molecule has 0 fully saturated rings. The largest absolute Gasteiger partial charge is 0.350 e. The Morgan fingerprint density at radius 3 is 2.59 bits per heavy atom. The van der Waals surface area contributed by atoms with Gasteiger partial charge in [0.2, 0.25) is 15.9 Å². The first-order valence-corrected chi connectivity index (χ1v) is 12.5. The molecule has 0 aliphatic heterocycles. The molecule has 0 aromatic heterocycles. The summed E-state index contributed by atoms with van der Waals surface area (Å²) < 4.78 is 25.8. The van der Waals surface area contributed by atoms with Gasteiger partial charge in [-0.15, -0.1) is 0 Å². The maximum absolute atomic E-state index is 12.5. The van der Waals surface area contributed by atoms with Crippen LogP contribution in [0, 0.1) is 17.0 Å². The third kappa shape index (κ3) is 5.64. The molecule has 2 aromatic carbocycles. The minimum atomic E-state index is -3.67. The van der Waals surface area contributed by atoms with E-state index in [1.165, 1.54) is 35.7 Å². The Bertz CT molecular complexity index is 1130. The van der Waals surface area contributed by atoms with Crippen LogP contribution < -0.4 is 9.62 Å². The smallest absolute Gasteiger partial charge is 0.271 e. The minimum absolute atomic E-state index is 0.0570. The number of nitrogens with one attached hydrogen (secondary N) is 1. The summed E-state index contributed by atoms with van der Waals surface area (Å²) in [6.07, 6.45) is 4.84. The highest BCUT2D eigenvalue weighted by molar-refractivity contribution is 7.92. The average Bonchev–Trinajstić information content (AvgIpc) is 3.18. The van der Waals surface area contributed by atoms with E-state index in [2.05, 4.69) is 17.4 Å². The molecule has 0 radical (unpaired) electrons. The summed E-state index contributed by atoms with van der Waals surface area (Å²) in [5.74, 6) is -0.165. The molecular formula is C23H29N3O5S. The van der Waals surface area contributed by atoms with Crippen LogP contribution in [0.4, 0.5) is 11.4 Å². The van der Waals surface area contributed by atoms with Crippen molar-refractivity contribution in [3.05, 3.63) is 68.8 Å². The number of fused-ring (bicyclic) bond motifs is 1. The van der Waals surface area contributed by atoms with Gasteiger partial charge in [-0.25, -0.2) is 8.42 Å². The van der Waals surface area contributed by atoms with Crippen molar-refractivity contribution in [2.24, 2.45) is 0 Å². The second-order valence-corrected chi connectivity index (χ2v) is 10.2. The lowest BCUT2D eigenvalue weighted by molar-refractivity contribution is -0.384. The second kappa shape index (κ2) is 9.68. The van der Waals surface area contributed by atoms with Crippen LogP contribution in [0.1, 0.15) is 54.5 Å². The monoisotopic (exact) mass is 459 g/mol. The van der Waals surface area contributed by atoms with Gasteiger partial charge in [0.15, 0.2) is 0 Å². The number of anilines is 1. The molecule has 0 spiro atoms. The van der Waals surface area contributed by atoms with Gasteiger partial charge < -0.3 is 5.32 Å². The molecule has 2 aromatic rings. The predicted octanol–water partition coefficient (Wildman–Crippen LogP) is 3.82. The Morgan fingerprint density at radius 2 is 1.91 bits per heavy atom. The summed E-state index contributed by atoms with van der Waals surface area (Å²) in [5, 5.41) is 14.1. The first-order valence-electron chi connectivity index (χ1n) is 10.7. The number of carbonyl (C=O) groups is 1. The molecule has 1 N–H and O–H groups in total. The second-order valence-electron chi connectivity index (χ2n) is 8.34. The number of hydrogen-bond acceptors (Lipinski definition) is 5. The molecule has 1 aliphatic rings. The number of carbonyl (C=O) groups excluding carboxylic acids is 1. The number of non-ortho nitro benzene ring substituents is 1. The number of nitro groups is 1. The molecule has 1 aliphatic carbocycles. The van der Waals surface area contributed by atoms with Crippen molar-refractivity contribution in [3.8, 4) is 0 Å². The Morgan fingerprint density at radius 1 is 1.19 bits per heavy atom. The number of aryl methyl sites for hydroxylation is 3. The fraction of sp³-hybridized carbons (Fsp3) is 0.435. The van der Waals surface area contributed by atoms with Crippen molar-refractivity contribution in [1.82, 2.24) is 5.32 Å². The van der Waals surface area contributed by atoms with Gasteiger partial charge in [-0.1, -0.05) is 24.3 Å². The van der Waals surface area contributed by atoms with Crippen molar-refractivity contribution >= 4 is 27.3 Å². The number of sulfonamides is 1. The number of nitro benzene ring substituents is 1. The van der Waals surface area contributed by atoms with Crippen LogP contribution in [0.3, 0.4) is 0 Å². The lowest BCUT2D eigenvalue weighted by atomic mass is 10.0. The Balaban J connectivity index is 1.62. The lowest BCUT2D eigenvalue weighted by Crippen LogP contribution is -2.33. The standard InChI is InChI=1S/C23H29N3O5S/c1-16-9-12-21(26(28)29)15-22(16)25(32(3,30)31)13-5-8-23(27)24-17(2)19-11-10-18-6-4-7-20(18)14-19/h9-12,14-15,17H,4-8,13H2,1-3H3,(H,24,27)/t17-/m1/s1. The van der Waals surface area contributed by atoms with E-state index in [0.29, 0.717) is 5.56 Å². The first-order chi connectivity index (χ1) is 15.1. The highest BCUT2D eigenvalue weighted by Crippen LogP contribution is 2.28. The number of amides is 1. The zero-order valence-electron chi connectivity index (χ0n) is 18.6. The molecule has 32 heavy (non-hydrogen) atoms. The summed E-state index contributed by atoms with van der Waals surface area (Å²) in [6.45, 7) is 3.69. The maximum atomic E-state index is 12.5. The first kappa shape index (κ1) is 23.7. The van der Waals surface area contributed by atoms with E-state index in [0.717, 1.165) is 29.0 Å². The molecule has 0 unspecified atom stereocenters. The van der Waals surface area contributed by atoms with Crippen LogP contribution in [0.25, 0.3) is 0 Å². The molecule has 0 saturated heterocycles. The van der Waals surface area contributed by atoms with E-state index in [-0.39, 0.29) is 42.7 Å². The van der Waals surface area contributed by atoms with Crippen LogP contribution in [0.2, 0.25) is 0 Å². The van der Waals surface area contributed by atoms with E-state index in [1.54, 1.807) is 6.92 Å². The molecule has 0 bridgehead atoms. The van der Waals surface area contributed by atoms with Crippen molar-refractivity contribution < 1.29 is 18.1 Å². The Hall–Kier alpha value is -2.94. The van der Waals surface area contributed by atoms with E-state index >= 15 is 0 Å². The predicted molar refractivity (Wildman–Crippen MR) is 124 cm³/mol. The number of benzene rings is 2. The summed E-state index contributed by atoms with van der Waals surface area (Å²) in [5.41, 5.74) is 4.47. The molecule has 172 valence electrons. The number of hydrogen-bond donors (Lipinski definition) is 1. The van der Waals surface area contributed by atoms with Crippen molar-refractivity contribution in [2.45, 2.75) is 52.0 Å². The average molecular weight is 460 g/mol. The van der Waals surface area contributed by atoms with E-state index < -0.39 is 14.9 Å².